The molecule has 0 rings (SSSR count). The second-order valence-electron chi connectivity index (χ2n) is 7.56. The van der Waals surface area contributed by atoms with E-state index in [9.17, 15) is 9.59 Å². The number of carboxylic acids is 1. The Hall–Kier alpha value is -1.26. The monoisotopic (exact) mass is 300 g/mol. The van der Waals surface area contributed by atoms with Crippen LogP contribution in [0.15, 0.2) is 0 Å². The SMILES string of the molecule is CC(C)(C)CC(C)(C)NC(=O)NCCCCCCC(=O)O. The molecule has 21 heavy (non-hydrogen) atoms. The van der Waals surface area contributed by atoms with Gasteiger partial charge in [-0.15, -0.1) is 0 Å². The zero-order chi connectivity index (χ0) is 16.5. The Morgan fingerprint density at radius 2 is 1.52 bits per heavy atom. The van der Waals surface area contributed by atoms with Crippen molar-refractivity contribution >= 4 is 12.0 Å². The van der Waals surface area contributed by atoms with E-state index in [1.165, 1.54) is 0 Å². The molecular weight excluding hydrogens is 268 g/mol. The lowest BCUT2D eigenvalue weighted by Gasteiger charge is -2.33. The summed E-state index contributed by atoms with van der Waals surface area (Å²) >= 11 is 0. The first kappa shape index (κ1) is 19.7. The maximum absolute atomic E-state index is 11.8. The Bertz CT molecular complexity index is 333. The number of urea groups is 1. The number of carbonyl (C=O) groups excluding carboxylic acids is 1. The quantitative estimate of drug-likeness (QED) is 0.570. The number of hydrogen-bond acceptors (Lipinski definition) is 2. The molecule has 0 aliphatic heterocycles. The lowest BCUT2D eigenvalue weighted by atomic mass is 9.82. The number of rotatable bonds is 9. The Morgan fingerprint density at radius 1 is 0.952 bits per heavy atom. The Labute approximate surface area is 128 Å². The molecule has 0 spiro atoms. The largest absolute Gasteiger partial charge is 0.481 e. The summed E-state index contributed by atoms with van der Waals surface area (Å²) in [6.45, 7) is 11.2. The molecule has 0 saturated heterocycles. The summed E-state index contributed by atoms with van der Waals surface area (Å²) in [5.41, 5.74) is -0.0647. The van der Waals surface area contributed by atoms with Crippen LogP contribution in [-0.2, 0) is 4.79 Å². The van der Waals surface area contributed by atoms with E-state index in [0.29, 0.717) is 13.0 Å². The maximum atomic E-state index is 11.8. The van der Waals surface area contributed by atoms with Gasteiger partial charge in [-0.25, -0.2) is 4.79 Å². The fraction of sp³-hybridized carbons (Fsp3) is 0.875. The zero-order valence-corrected chi connectivity index (χ0v) is 14.2. The summed E-state index contributed by atoms with van der Waals surface area (Å²) in [5.74, 6) is -0.742. The number of unbranched alkanes of at least 4 members (excludes halogenated alkanes) is 3. The highest BCUT2D eigenvalue weighted by atomic mass is 16.4. The van der Waals surface area contributed by atoms with Crippen LogP contribution in [0.1, 0.15) is 73.1 Å². The summed E-state index contributed by atoms with van der Waals surface area (Å²) in [4.78, 5) is 22.2. The van der Waals surface area contributed by atoms with Crippen molar-refractivity contribution in [2.75, 3.05) is 6.54 Å². The van der Waals surface area contributed by atoms with Gasteiger partial charge in [0.05, 0.1) is 0 Å². The number of aliphatic carboxylic acids is 1. The molecule has 0 bridgehead atoms. The topological polar surface area (TPSA) is 78.4 Å². The highest BCUT2D eigenvalue weighted by molar-refractivity contribution is 5.74. The summed E-state index contributed by atoms with van der Waals surface area (Å²) < 4.78 is 0. The number of hydrogen-bond donors (Lipinski definition) is 3. The second-order valence-corrected chi connectivity index (χ2v) is 7.56. The van der Waals surface area contributed by atoms with Crippen molar-refractivity contribution in [1.29, 1.82) is 0 Å². The van der Waals surface area contributed by atoms with Gasteiger partial charge in [-0.2, -0.15) is 0 Å². The fourth-order valence-corrected chi connectivity index (χ4v) is 2.68. The van der Waals surface area contributed by atoms with E-state index in [1.54, 1.807) is 0 Å². The van der Waals surface area contributed by atoms with E-state index < -0.39 is 5.97 Å². The normalized spacial score (nSPS) is 12.0. The predicted molar refractivity (Wildman–Crippen MR) is 85.4 cm³/mol. The van der Waals surface area contributed by atoms with E-state index in [-0.39, 0.29) is 23.4 Å². The van der Waals surface area contributed by atoms with Gasteiger partial charge in [0, 0.05) is 18.5 Å². The number of carbonyl (C=O) groups is 2. The average Bonchev–Trinajstić information content (AvgIpc) is 2.22. The van der Waals surface area contributed by atoms with Gasteiger partial charge >= 0.3 is 12.0 Å². The fourth-order valence-electron chi connectivity index (χ4n) is 2.68. The molecule has 5 heteroatoms. The van der Waals surface area contributed by atoms with Crippen molar-refractivity contribution in [3.05, 3.63) is 0 Å². The Morgan fingerprint density at radius 3 is 2.05 bits per heavy atom. The van der Waals surface area contributed by atoms with Crippen LogP contribution < -0.4 is 10.6 Å². The molecular formula is C16H32N2O3. The predicted octanol–water partition coefficient (Wildman–Crippen LogP) is 3.54. The van der Waals surface area contributed by atoms with Crippen molar-refractivity contribution in [2.45, 2.75) is 78.7 Å². The molecule has 5 nitrogen and oxygen atoms in total. The van der Waals surface area contributed by atoms with Crippen LogP contribution in [0.5, 0.6) is 0 Å². The summed E-state index contributed by atoms with van der Waals surface area (Å²) in [6.07, 6.45) is 4.56. The first-order chi connectivity index (χ1) is 9.52. The standard InChI is InChI=1S/C16H32N2O3/c1-15(2,3)12-16(4,5)18-14(21)17-11-9-7-6-8-10-13(19)20/h6-12H2,1-5H3,(H,19,20)(H2,17,18,21). The van der Waals surface area contributed by atoms with Gasteiger partial charge < -0.3 is 15.7 Å². The minimum Gasteiger partial charge on any atom is -0.481 e. The molecule has 0 heterocycles. The van der Waals surface area contributed by atoms with Crippen molar-refractivity contribution in [3.8, 4) is 0 Å². The molecule has 0 radical (unpaired) electrons. The molecule has 3 N–H and O–H groups in total. The molecule has 0 aromatic rings. The first-order valence-electron chi connectivity index (χ1n) is 7.80. The highest BCUT2D eigenvalue weighted by Crippen LogP contribution is 2.26. The first-order valence-corrected chi connectivity index (χ1v) is 7.80. The lowest BCUT2D eigenvalue weighted by molar-refractivity contribution is -0.137. The van der Waals surface area contributed by atoms with Crippen LogP contribution in [-0.4, -0.2) is 29.2 Å². The summed E-state index contributed by atoms with van der Waals surface area (Å²) in [5, 5.41) is 14.4. The average molecular weight is 300 g/mol. The molecule has 124 valence electrons. The smallest absolute Gasteiger partial charge is 0.315 e. The van der Waals surface area contributed by atoms with Crippen LogP contribution >= 0.6 is 0 Å². The molecule has 0 aromatic carbocycles. The summed E-state index contributed by atoms with van der Waals surface area (Å²) in [6, 6.07) is -0.130. The summed E-state index contributed by atoms with van der Waals surface area (Å²) in [7, 11) is 0. The number of nitrogens with one attached hydrogen (secondary N) is 2. The number of amides is 2. The van der Waals surface area contributed by atoms with Crippen LogP contribution in [0.3, 0.4) is 0 Å². The minimum absolute atomic E-state index is 0.130. The molecule has 0 saturated carbocycles. The highest BCUT2D eigenvalue weighted by Gasteiger charge is 2.26. The van der Waals surface area contributed by atoms with Gasteiger partial charge in [0.2, 0.25) is 0 Å². The van der Waals surface area contributed by atoms with Crippen molar-refractivity contribution in [3.63, 3.8) is 0 Å². The van der Waals surface area contributed by atoms with Crippen LogP contribution in [0.2, 0.25) is 0 Å². The molecule has 0 unspecified atom stereocenters. The van der Waals surface area contributed by atoms with Gasteiger partial charge in [-0.1, -0.05) is 33.6 Å². The third-order valence-electron chi connectivity index (χ3n) is 3.03. The van der Waals surface area contributed by atoms with Crippen LogP contribution in [0, 0.1) is 5.41 Å². The third-order valence-corrected chi connectivity index (χ3v) is 3.03. The van der Waals surface area contributed by atoms with E-state index >= 15 is 0 Å². The second kappa shape index (κ2) is 8.90. The van der Waals surface area contributed by atoms with Gasteiger partial charge in [0.15, 0.2) is 0 Å². The van der Waals surface area contributed by atoms with Crippen LogP contribution in [0.4, 0.5) is 4.79 Å². The van der Waals surface area contributed by atoms with E-state index in [2.05, 4.69) is 31.4 Å². The van der Waals surface area contributed by atoms with Gasteiger partial charge in [0.1, 0.15) is 0 Å². The van der Waals surface area contributed by atoms with E-state index in [0.717, 1.165) is 25.7 Å². The van der Waals surface area contributed by atoms with Crippen molar-refractivity contribution in [1.82, 2.24) is 10.6 Å². The van der Waals surface area contributed by atoms with Crippen molar-refractivity contribution < 1.29 is 14.7 Å². The minimum atomic E-state index is -0.742. The Balaban J connectivity index is 3.73. The van der Waals surface area contributed by atoms with Crippen LogP contribution in [0.25, 0.3) is 0 Å². The molecule has 0 aliphatic rings. The molecule has 2 amide bonds. The Kier molecular flexibility index (Phi) is 8.37. The molecule has 0 aromatic heterocycles. The maximum Gasteiger partial charge on any atom is 0.315 e. The van der Waals surface area contributed by atoms with Crippen molar-refractivity contribution in [2.24, 2.45) is 5.41 Å². The lowest BCUT2D eigenvalue weighted by Crippen LogP contribution is -2.50. The zero-order valence-electron chi connectivity index (χ0n) is 14.2. The number of carboxylic acid groups (broad SMARTS) is 1. The third kappa shape index (κ3) is 13.5. The van der Waals surface area contributed by atoms with Gasteiger partial charge in [0.25, 0.3) is 0 Å². The van der Waals surface area contributed by atoms with Gasteiger partial charge in [-0.05, 0) is 38.5 Å². The molecule has 0 atom stereocenters. The molecule has 0 aliphatic carbocycles. The van der Waals surface area contributed by atoms with E-state index in [1.807, 2.05) is 13.8 Å². The molecule has 0 fully saturated rings. The van der Waals surface area contributed by atoms with Gasteiger partial charge in [-0.3, -0.25) is 4.79 Å². The van der Waals surface area contributed by atoms with E-state index in [4.69, 9.17) is 5.11 Å².